The van der Waals surface area contributed by atoms with Crippen molar-refractivity contribution in [2.24, 2.45) is 5.10 Å². The minimum atomic E-state index is -0.230. The highest BCUT2D eigenvalue weighted by Gasteiger charge is 2.14. The summed E-state index contributed by atoms with van der Waals surface area (Å²) < 4.78 is 12.7. The van der Waals surface area contributed by atoms with Gasteiger partial charge in [0.25, 0.3) is 5.91 Å². The predicted molar refractivity (Wildman–Crippen MR) is 122 cm³/mol. The summed E-state index contributed by atoms with van der Waals surface area (Å²) in [4.78, 5) is 12.2. The second-order valence-corrected chi connectivity index (χ2v) is 7.27. The van der Waals surface area contributed by atoms with E-state index in [1.165, 1.54) is 11.8 Å². The van der Waals surface area contributed by atoms with Crippen LogP contribution in [0.1, 0.15) is 19.4 Å². The summed E-state index contributed by atoms with van der Waals surface area (Å²) in [5.41, 5.74) is 4.27. The average Bonchev–Trinajstić information content (AvgIpc) is 3.22. The van der Waals surface area contributed by atoms with Crippen molar-refractivity contribution in [1.29, 1.82) is 0 Å². The number of hydrogen-bond acceptors (Lipinski definition) is 7. The molecule has 3 rings (SSSR count). The Labute approximate surface area is 185 Å². The average molecular weight is 440 g/mol. The molecule has 2 aromatic carbocycles. The zero-order valence-electron chi connectivity index (χ0n) is 17.7. The van der Waals surface area contributed by atoms with Gasteiger partial charge in [-0.3, -0.25) is 4.79 Å². The molecule has 31 heavy (non-hydrogen) atoms. The summed E-state index contributed by atoms with van der Waals surface area (Å²) in [6.45, 7) is 5.18. The first-order valence-electron chi connectivity index (χ1n) is 9.90. The van der Waals surface area contributed by atoms with E-state index in [-0.39, 0.29) is 11.7 Å². The SMILES string of the molecule is CCOc1ccccc1/C=N/NC(=O)CSc1nnc(-c2ccc(OC)cc2)n1CC. The maximum Gasteiger partial charge on any atom is 0.250 e. The summed E-state index contributed by atoms with van der Waals surface area (Å²) in [6, 6.07) is 15.1. The van der Waals surface area contributed by atoms with Crippen LogP contribution in [0.4, 0.5) is 0 Å². The molecule has 0 fully saturated rings. The van der Waals surface area contributed by atoms with E-state index in [1.807, 2.05) is 66.9 Å². The van der Waals surface area contributed by atoms with E-state index in [9.17, 15) is 4.79 Å². The normalized spacial score (nSPS) is 10.9. The van der Waals surface area contributed by atoms with Crippen LogP contribution in [-0.2, 0) is 11.3 Å². The first kappa shape index (κ1) is 22.4. The fourth-order valence-corrected chi connectivity index (χ4v) is 3.64. The van der Waals surface area contributed by atoms with Gasteiger partial charge >= 0.3 is 0 Å². The van der Waals surface area contributed by atoms with Crippen molar-refractivity contribution in [1.82, 2.24) is 20.2 Å². The second kappa shape index (κ2) is 11.2. The third kappa shape index (κ3) is 5.85. The van der Waals surface area contributed by atoms with E-state index in [1.54, 1.807) is 13.3 Å². The van der Waals surface area contributed by atoms with Crippen molar-refractivity contribution >= 4 is 23.9 Å². The Bertz CT molecular complexity index is 1030. The number of carbonyl (C=O) groups excluding carboxylic acids is 1. The van der Waals surface area contributed by atoms with E-state index >= 15 is 0 Å². The van der Waals surface area contributed by atoms with Crippen LogP contribution in [0, 0.1) is 0 Å². The van der Waals surface area contributed by atoms with Gasteiger partial charge in [-0.05, 0) is 50.2 Å². The van der Waals surface area contributed by atoms with Gasteiger partial charge in [0.05, 0.1) is 25.7 Å². The summed E-state index contributed by atoms with van der Waals surface area (Å²) in [5, 5.41) is 13.3. The standard InChI is InChI=1S/C22H25N5O3S/c1-4-27-21(16-10-12-18(29-3)13-11-16)25-26-22(27)31-15-20(28)24-23-14-17-8-6-7-9-19(17)30-5-2/h6-14H,4-5,15H2,1-3H3,(H,24,28)/b23-14+. The monoisotopic (exact) mass is 439 g/mol. The Kier molecular flexibility index (Phi) is 8.05. The molecule has 0 aliphatic carbocycles. The minimum Gasteiger partial charge on any atom is -0.497 e. The maximum absolute atomic E-state index is 12.2. The zero-order valence-corrected chi connectivity index (χ0v) is 18.6. The van der Waals surface area contributed by atoms with Crippen LogP contribution >= 0.6 is 11.8 Å². The molecule has 9 heteroatoms. The van der Waals surface area contributed by atoms with Crippen LogP contribution in [0.5, 0.6) is 11.5 Å². The fourth-order valence-electron chi connectivity index (χ4n) is 2.84. The van der Waals surface area contributed by atoms with Crippen LogP contribution in [0.2, 0.25) is 0 Å². The van der Waals surface area contributed by atoms with Crippen molar-refractivity contribution in [3.05, 3.63) is 54.1 Å². The van der Waals surface area contributed by atoms with Gasteiger partial charge in [-0.15, -0.1) is 10.2 Å². The zero-order chi connectivity index (χ0) is 22.1. The number of hydrogen-bond donors (Lipinski definition) is 1. The number of para-hydroxylation sites is 1. The Balaban J connectivity index is 1.59. The number of amides is 1. The molecule has 0 aliphatic heterocycles. The van der Waals surface area contributed by atoms with Crippen molar-refractivity contribution in [2.45, 2.75) is 25.5 Å². The summed E-state index contributed by atoms with van der Waals surface area (Å²) >= 11 is 1.31. The molecule has 0 bridgehead atoms. The van der Waals surface area contributed by atoms with Gasteiger partial charge < -0.3 is 14.0 Å². The molecule has 8 nitrogen and oxygen atoms in total. The lowest BCUT2D eigenvalue weighted by Gasteiger charge is -2.08. The number of rotatable bonds is 10. The molecule has 0 unspecified atom stereocenters. The van der Waals surface area contributed by atoms with Crippen molar-refractivity contribution in [3.63, 3.8) is 0 Å². The lowest BCUT2D eigenvalue weighted by Crippen LogP contribution is -2.20. The van der Waals surface area contributed by atoms with Crippen molar-refractivity contribution in [3.8, 4) is 22.9 Å². The van der Waals surface area contributed by atoms with Gasteiger partial charge in [-0.1, -0.05) is 23.9 Å². The second-order valence-electron chi connectivity index (χ2n) is 6.33. The van der Waals surface area contributed by atoms with Crippen LogP contribution in [0.15, 0.2) is 58.8 Å². The Morgan fingerprint density at radius 2 is 1.94 bits per heavy atom. The smallest absolute Gasteiger partial charge is 0.250 e. The maximum atomic E-state index is 12.2. The molecule has 3 aromatic rings. The quantitative estimate of drug-likeness (QED) is 0.295. The Morgan fingerprint density at radius 1 is 1.16 bits per heavy atom. The molecule has 162 valence electrons. The lowest BCUT2D eigenvalue weighted by molar-refractivity contribution is -0.118. The van der Waals surface area contributed by atoms with Gasteiger partial charge in [0, 0.05) is 17.7 Å². The number of ether oxygens (including phenoxy) is 2. The van der Waals surface area contributed by atoms with Crippen LogP contribution in [0.3, 0.4) is 0 Å². The number of methoxy groups -OCH3 is 1. The number of carbonyl (C=O) groups is 1. The highest BCUT2D eigenvalue weighted by molar-refractivity contribution is 7.99. The molecule has 1 heterocycles. The highest BCUT2D eigenvalue weighted by Crippen LogP contribution is 2.25. The van der Waals surface area contributed by atoms with Crippen LogP contribution in [-0.4, -0.2) is 46.4 Å². The molecule has 1 aromatic heterocycles. The molecule has 1 N–H and O–H groups in total. The number of nitrogens with zero attached hydrogens (tertiary/aromatic N) is 4. The van der Waals surface area contributed by atoms with Crippen molar-refractivity contribution in [2.75, 3.05) is 19.5 Å². The minimum absolute atomic E-state index is 0.172. The molecule has 0 saturated carbocycles. The first-order valence-corrected chi connectivity index (χ1v) is 10.9. The highest BCUT2D eigenvalue weighted by atomic mass is 32.2. The number of nitrogens with one attached hydrogen (secondary N) is 1. The van der Waals surface area contributed by atoms with Gasteiger partial charge in [0.2, 0.25) is 0 Å². The third-order valence-corrected chi connectivity index (χ3v) is 5.29. The third-order valence-electron chi connectivity index (χ3n) is 4.33. The van der Waals surface area contributed by atoms with Crippen LogP contribution in [0.25, 0.3) is 11.4 Å². The van der Waals surface area contributed by atoms with Crippen molar-refractivity contribution < 1.29 is 14.3 Å². The molecular weight excluding hydrogens is 414 g/mol. The van der Waals surface area contributed by atoms with E-state index in [2.05, 4.69) is 20.7 Å². The number of hydrazone groups is 1. The predicted octanol–water partition coefficient (Wildman–Crippen LogP) is 3.61. The summed E-state index contributed by atoms with van der Waals surface area (Å²) in [5.74, 6) is 2.19. The molecular formula is C22H25N5O3S. The molecule has 0 aliphatic rings. The van der Waals surface area contributed by atoms with E-state index in [4.69, 9.17) is 9.47 Å². The number of benzene rings is 2. The van der Waals surface area contributed by atoms with Gasteiger partial charge in [-0.25, -0.2) is 5.43 Å². The molecule has 0 saturated heterocycles. The molecule has 0 spiro atoms. The first-order chi connectivity index (χ1) is 15.2. The largest absolute Gasteiger partial charge is 0.497 e. The number of aromatic nitrogens is 3. The Hall–Kier alpha value is -3.33. The lowest BCUT2D eigenvalue weighted by atomic mass is 10.2. The molecule has 1 amide bonds. The van der Waals surface area contributed by atoms with E-state index in [0.717, 1.165) is 28.5 Å². The van der Waals surface area contributed by atoms with Gasteiger partial charge in [0.1, 0.15) is 11.5 Å². The molecule has 0 radical (unpaired) electrons. The number of thioether (sulfide) groups is 1. The van der Waals surface area contributed by atoms with Gasteiger partial charge in [-0.2, -0.15) is 5.10 Å². The van der Waals surface area contributed by atoms with Crippen LogP contribution < -0.4 is 14.9 Å². The molecule has 0 atom stereocenters. The Morgan fingerprint density at radius 3 is 2.65 bits per heavy atom. The fraction of sp³-hybridized carbons (Fsp3) is 0.273. The summed E-state index contributed by atoms with van der Waals surface area (Å²) in [7, 11) is 1.63. The summed E-state index contributed by atoms with van der Waals surface area (Å²) in [6.07, 6.45) is 1.57. The van der Waals surface area contributed by atoms with E-state index < -0.39 is 0 Å². The van der Waals surface area contributed by atoms with E-state index in [0.29, 0.717) is 18.3 Å². The van der Waals surface area contributed by atoms with Gasteiger partial charge in [0.15, 0.2) is 11.0 Å². The topological polar surface area (TPSA) is 90.6 Å².